The highest BCUT2D eigenvalue weighted by Gasteiger charge is 2.25. The first-order chi connectivity index (χ1) is 15.9. The summed E-state index contributed by atoms with van der Waals surface area (Å²) in [6.45, 7) is 6.19. The van der Waals surface area contributed by atoms with Crippen molar-refractivity contribution >= 4 is 0 Å². The minimum absolute atomic E-state index is 0.0356. The van der Waals surface area contributed by atoms with Crippen LogP contribution in [0.4, 0.5) is 13.2 Å². The zero-order chi connectivity index (χ0) is 23.8. The number of aliphatic hydroxyl groups excluding tert-OH is 1. The number of hydrogen-bond acceptors (Lipinski definition) is 3. The van der Waals surface area contributed by atoms with E-state index in [1.54, 1.807) is 18.2 Å². The largest absolute Gasteiger partial charge is 0.490 e. The molecule has 33 heavy (non-hydrogen) atoms. The first-order valence-corrected chi connectivity index (χ1v) is 11.8. The molecule has 1 saturated carbocycles. The Kier molecular flexibility index (Phi) is 9.24. The lowest BCUT2D eigenvalue weighted by Crippen LogP contribution is -2.20. The summed E-state index contributed by atoms with van der Waals surface area (Å²) in [7, 11) is 0. The monoisotopic (exact) mass is 462 g/mol. The molecule has 0 heterocycles. The summed E-state index contributed by atoms with van der Waals surface area (Å²) in [6, 6.07) is 7.93. The average molecular weight is 463 g/mol. The van der Waals surface area contributed by atoms with E-state index in [0.717, 1.165) is 31.2 Å². The van der Waals surface area contributed by atoms with Crippen LogP contribution < -0.4 is 9.47 Å². The van der Waals surface area contributed by atoms with Gasteiger partial charge in [0.25, 0.3) is 0 Å². The molecule has 1 N–H and O–H groups in total. The molecule has 1 unspecified atom stereocenters. The lowest BCUT2D eigenvalue weighted by atomic mass is 9.79. The molecule has 0 aromatic heterocycles. The van der Waals surface area contributed by atoms with Gasteiger partial charge in [-0.25, -0.2) is 8.78 Å². The van der Waals surface area contributed by atoms with E-state index in [9.17, 15) is 18.3 Å². The van der Waals surface area contributed by atoms with Gasteiger partial charge in [0.05, 0.1) is 19.3 Å². The van der Waals surface area contributed by atoms with E-state index < -0.39 is 17.7 Å². The fraction of sp³-hybridized carbons (Fsp3) is 0.481. The molecule has 0 saturated heterocycles. The van der Waals surface area contributed by atoms with E-state index in [1.807, 2.05) is 13.0 Å². The van der Waals surface area contributed by atoms with Crippen LogP contribution in [0, 0.1) is 23.4 Å². The van der Waals surface area contributed by atoms with Crippen molar-refractivity contribution in [2.75, 3.05) is 13.2 Å². The molecule has 0 bridgehead atoms. The summed E-state index contributed by atoms with van der Waals surface area (Å²) in [4.78, 5) is 0. The Labute approximate surface area is 194 Å². The minimum Gasteiger partial charge on any atom is -0.490 e. The molecular formula is C27H33F3O3. The first-order valence-electron chi connectivity index (χ1n) is 11.8. The van der Waals surface area contributed by atoms with Gasteiger partial charge < -0.3 is 14.6 Å². The van der Waals surface area contributed by atoms with Crippen molar-refractivity contribution < 1.29 is 27.8 Å². The van der Waals surface area contributed by atoms with Crippen LogP contribution >= 0.6 is 0 Å². The number of aliphatic hydroxyl groups is 1. The second-order valence-electron chi connectivity index (χ2n) is 8.73. The standard InChI is InChI=1S/C27H33F3O3/c1-3-5-15-32-24-13-11-20(16-22(24)28)19-9-7-18(8-10-19)17-33-25-14-12-21(23(31)6-4-2)26(29)27(25)30/h3,11-14,16,18-19,23,31H,1,4-10,15,17H2,2H3. The van der Waals surface area contributed by atoms with Crippen molar-refractivity contribution in [3.63, 3.8) is 0 Å². The Morgan fingerprint density at radius 3 is 2.42 bits per heavy atom. The molecule has 2 aromatic carbocycles. The molecule has 2 aromatic rings. The summed E-state index contributed by atoms with van der Waals surface area (Å²) >= 11 is 0. The fourth-order valence-electron chi connectivity index (χ4n) is 4.35. The van der Waals surface area contributed by atoms with Gasteiger partial charge in [-0.3, -0.25) is 0 Å². The number of halogens is 3. The summed E-state index contributed by atoms with van der Waals surface area (Å²) in [5.74, 6) is -1.85. The molecule has 0 spiro atoms. The van der Waals surface area contributed by atoms with E-state index in [1.165, 1.54) is 12.1 Å². The maximum Gasteiger partial charge on any atom is 0.200 e. The normalized spacial score (nSPS) is 19.2. The first kappa shape index (κ1) is 25.2. The van der Waals surface area contributed by atoms with Crippen molar-refractivity contribution in [3.05, 3.63) is 71.6 Å². The molecule has 0 aliphatic heterocycles. The van der Waals surface area contributed by atoms with Crippen LogP contribution in [0.2, 0.25) is 0 Å². The number of hydrogen-bond donors (Lipinski definition) is 1. The quantitative estimate of drug-likeness (QED) is 0.282. The van der Waals surface area contributed by atoms with Crippen LogP contribution in [0.25, 0.3) is 0 Å². The lowest BCUT2D eigenvalue weighted by molar-refractivity contribution is 0.159. The van der Waals surface area contributed by atoms with Crippen molar-refractivity contribution in [2.24, 2.45) is 5.92 Å². The van der Waals surface area contributed by atoms with Crippen molar-refractivity contribution in [1.29, 1.82) is 0 Å². The van der Waals surface area contributed by atoms with E-state index >= 15 is 0 Å². The maximum atomic E-state index is 14.4. The molecule has 3 rings (SSSR count). The Balaban J connectivity index is 1.51. The van der Waals surface area contributed by atoms with Gasteiger partial charge in [0.15, 0.2) is 23.1 Å². The van der Waals surface area contributed by atoms with E-state index in [-0.39, 0.29) is 34.7 Å². The molecular weight excluding hydrogens is 429 g/mol. The van der Waals surface area contributed by atoms with Gasteiger partial charge in [-0.05, 0) is 80.2 Å². The third-order valence-electron chi connectivity index (χ3n) is 6.33. The van der Waals surface area contributed by atoms with Crippen molar-refractivity contribution in [3.8, 4) is 11.5 Å². The highest BCUT2D eigenvalue weighted by atomic mass is 19.2. The summed E-state index contributed by atoms with van der Waals surface area (Å²) in [5.41, 5.74) is 0.920. The van der Waals surface area contributed by atoms with Crippen molar-refractivity contribution in [1.82, 2.24) is 0 Å². The van der Waals surface area contributed by atoms with Crippen LogP contribution in [0.1, 0.15) is 75.0 Å². The molecule has 0 radical (unpaired) electrons. The number of ether oxygens (including phenoxy) is 2. The smallest absolute Gasteiger partial charge is 0.200 e. The Morgan fingerprint density at radius 1 is 1.03 bits per heavy atom. The molecule has 180 valence electrons. The van der Waals surface area contributed by atoms with E-state index in [0.29, 0.717) is 32.5 Å². The predicted octanol–water partition coefficient (Wildman–Crippen LogP) is 7.25. The Morgan fingerprint density at radius 2 is 1.76 bits per heavy atom. The summed E-state index contributed by atoms with van der Waals surface area (Å²) in [6.07, 6.45) is 5.89. The summed E-state index contributed by atoms with van der Waals surface area (Å²) in [5, 5.41) is 9.97. The predicted molar refractivity (Wildman–Crippen MR) is 123 cm³/mol. The number of rotatable bonds is 11. The zero-order valence-electron chi connectivity index (χ0n) is 19.2. The van der Waals surface area contributed by atoms with E-state index in [4.69, 9.17) is 9.47 Å². The summed E-state index contributed by atoms with van der Waals surface area (Å²) < 4.78 is 54.1. The Hall–Kier alpha value is -2.47. The molecule has 3 nitrogen and oxygen atoms in total. The highest BCUT2D eigenvalue weighted by Crippen LogP contribution is 2.37. The van der Waals surface area contributed by atoms with E-state index in [2.05, 4.69) is 6.58 Å². The molecule has 1 fully saturated rings. The molecule has 0 amide bonds. The van der Waals surface area contributed by atoms with Gasteiger partial charge >= 0.3 is 0 Å². The fourth-order valence-corrected chi connectivity index (χ4v) is 4.35. The molecule has 1 atom stereocenters. The Bertz CT molecular complexity index is 923. The lowest BCUT2D eigenvalue weighted by Gasteiger charge is -2.29. The third-order valence-corrected chi connectivity index (χ3v) is 6.33. The van der Waals surface area contributed by atoms with Gasteiger partial charge in [0, 0.05) is 5.56 Å². The maximum absolute atomic E-state index is 14.4. The second kappa shape index (κ2) is 12.1. The number of benzene rings is 2. The van der Waals surface area contributed by atoms with Gasteiger partial charge in [-0.1, -0.05) is 25.5 Å². The second-order valence-corrected chi connectivity index (χ2v) is 8.73. The van der Waals surface area contributed by atoms with Gasteiger partial charge in [0.1, 0.15) is 0 Å². The van der Waals surface area contributed by atoms with Gasteiger partial charge in [0.2, 0.25) is 5.82 Å². The van der Waals surface area contributed by atoms with Crippen LogP contribution in [-0.2, 0) is 0 Å². The average Bonchev–Trinajstić information content (AvgIpc) is 2.81. The third kappa shape index (κ3) is 6.53. The van der Waals surface area contributed by atoms with Gasteiger partial charge in [-0.15, -0.1) is 6.58 Å². The van der Waals surface area contributed by atoms with Crippen LogP contribution in [0.15, 0.2) is 43.0 Å². The zero-order valence-corrected chi connectivity index (χ0v) is 19.2. The highest BCUT2D eigenvalue weighted by molar-refractivity contribution is 5.33. The molecule has 1 aliphatic rings. The van der Waals surface area contributed by atoms with Crippen LogP contribution in [-0.4, -0.2) is 18.3 Å². The SMILES string of the molecule is C=CCCOc1ccc(C2CCC(COc3ccc(C(O)CCC)c(F)c3F)CC2)cc1F. The topological polar surface area (TPSA) is 38.7 Å². The van der Waals surface area contributed by atoms with Crippen molar-refractivity contribution in [2.45, 2.75) is 63.9 Å². The molecule has 6 heteroatoms. The minimum atomic E-state index is -1.05. The molecule has 1 aliphatic carbocycles. The van der Waals surface area contributed by atoms with Crippen LogP contribution in [0.5, 0.6) is 11.5 Å². The van der Waals surface area contributed by atoms with Gasteiger partial charge in [-0.2, -0.15) is 4.39 Å². The van der Waals surface area contributed by atoms with Crippen LogP contribution in [0.3, 0.4) is 0 Å².